The molecule has 1 atom stereocenters. The Morgan fingerprint density at radius 2 is 2.18 bits per heavy atom. The summed E-state index contributed by atoms with van der Waals surface area (Å²) in [5, 5.41) is 3.34. The third kappa shape index (κ3) is 3.43. The van der Waals surface area contributed by atoms with Crippen molar-refractivity contribution in [3.05, 3.63) is 29.8 Å². The van der Waals surface area contributed by atoms with Crippen LogP contribution in [-0.4, -0.2) is 25.0 Å². The summed E-state index contributed by atoms with van der Waals surface area (Å²) >= 11 is 0. The molecular weight excluding hydrogens is 216 g/mol. The van der Waals surface area contributed by atoms with E-state index in [0.29, 0.717) is 6.61 Å². The molecule has 3 N–H and O–H groups in total. The van der Waals surface area contributed by atoms with Crippen LogP contribution in [0, 0.1) is 0 Å². The Labute approximate surface area is 102 Å². The molecule has 1 unspecified atom stereocenters. The number of ether oxygens (including phenoxy) is 2. The molecule has 2 rings (SSSR count). The van der Waals surface area contributed by atoms with Gasteiger partial charge in [-0.05, 0) is 25.5 Å². The Balaban J connectivity index is 1.76. The molecule has 1 aliphatic rings. The van der Waals surface area contributed by atoms with Crippen LogP contribution >= 0.6 is 0 Å². The van der Waals surface area contributed by atoms with Gasteiger partial charge in [-0.25, -0.2) is 0 Å². The highest BCUT2D eigenvalue weighted by atomic mass is 16.7. The summed E-state index contributed by atoms with van der Waals surface area (Å²) < 4.78 is 11.2. The molecule has 4 nitrogen and oxygen atoms in total. The molecule has 1 aromatic rings. The van der Waals surface area contributed by atoms with Gasteiger partial charge in [-0.3, -0.25) is 0 Å². The average molecular weight is 236 g/mol. The highest BCUT2D eigenvalue weighted by Crippen LogP contribution is 2.21. The van der Waals surface area contributed by atoms with Crippen LogP contribution in [0.1, 0.15) is 19.4 Å². The Morgan fingerprint density at radius 1 is 1.41 bits per heavy atom. The molecule has 0 radical (unpaired) electrons. The van der Waals surface area contributed by atoms with Gasteiger partial charge in [0.2, 0.25) is 0 Å². The van der Waals surface area contributed by atoms with E-state index in [9.17, 15) is 0 Å². The fraction of sp³-hybridized carbons (Fsp3) is 0.538. The number of rotatable bonds is 4. The first-order valence-electron chi connectivity index (χ1n) is 5.93. The summed E-state index contributed by atoms with van der Waals surface area (Å²) in [5.41, 5.74) is 7.80. The lowest BCUT2D eigenvalue weighted by molar-refractivity contribution is -0.137. The summed E-state index contributed by atoms with van der Waals surface area (Å²) in [4.78, 5) is 0. The minimum atomic E-state index is -0.446. The minimum Gasteiger partial charge on any atom is -0.398 e. The lowest BCUT2D eigenvalue weighted by Crippen LogP contribution is -2.30. The second-order valence-electron chi connectivity index (χ2n) is 4.78. The van der Waals surface area contributed by atoms with Gasteiger partial charge in [0.25, 0.3) is 0 Å². The van der Waals surface area contributed by atoms with Gasteiger partial charge in [-0.1, -0.05) is 18.2 Å². The maximum absolute atomic E-state index is 5.86. The van der Waals surface area contributed by atoms with E-state index in [0.717, 1.165) is 24.3 Å². The first kappa shape index (κ1) is 12.4. The first-order valence-corrected chi connectivity index (χ1v) is 5.93. The van der Waals surface area contributed by atoms with Gasteiger partial charge in [0.15, 0.2) is 5.79 Å². The minimum absolute atomic E-state index is 0.120. The van der Waals surface area contributed by atoms with Crippen molar-refractivity contribution in [2.24, 2.45) is 0 Å². The van der Waals surface area contributed by atoms with Crippen LogP contribution in [0.3, 0.4) is 0 Å². The molecule has 0 bridgehead atoms. The van der Waals surface area contributed by atoms with E-state index in [2.05, 4.69) is 5.32 Å². The number of para-hydroxylation sites is 1. The van der Waals surface area contributed by atoms with Crippen molar-refractivity contribution in [2.45, 2.75) is 32.3 Å². The van der Waals surface area contributed by atoms with Gasteiger partial charge in [0, 0.05) is 18.8 Å². The Hall–Kier alpha value is -1.10. The summed E-state index contributed by atoms with van der Waals surface area (Å²) in [6, 6.07) is 7.87. The van der Waals surface area contributed by atoms with Crippen LogP contribution < -0.4 is 11.1 Å². The molecule has 0 spiro atoms. The summed E-state index contributed by atoms with van der Waals surface area (Å²) in [6.07, 6.45) is 0.120. The van der Waals surface area contributed by atoms with Gasteiger partial charge < -0.3 is 20.5 Å². The molecule has 0 aromatic heterocycles. The number of anilines is 1. The zero-order valence-corrected chi connectivity index (χ0v) is 10.4. The monoisotopic (exact) mass is 236 g/mol. The molecule has 4 heteroatoms. The van der Waals surface area contributed by atoms with Gasteiger partial charge in [-0.15, -0.1) is 0 Å². The molecule has 1 saturated heterocycles. The zero-order valence-electron chi connectivity index (χ0n) is 10.4. The highest BCUT2D eigenvalue weighted by molar-refractivity contribution is 5.46. The molecule has 0 amide bonds. The van der Waals surface area contributed by atoms with Crippen LogP contribution in [-0.2, 0) is 16.0 Å². The third-order valence-corrected chi connectivity index (χ3v) is 2.81. The number of hydrogen-bond donors (Lipinski definition) is 2. The lowest BCUT2D eigenvalue weighted by Gasteiger charge is -2.17. The molecule has 1 aromatic carbocycles. The van der Waals surface area contributed by atoms with Crippen molar-refractivity contribution in [3.8, 4) is 0 Å². The van der Waals surface area contributed by atoms with Crippen LogP contribution in [0.5, 0.6) is 0 Å². The quantitative estimate of drug-likeness (QED) is 0.778. The maximum atomic E-state index is 5.86. The topological polar surface area (TPSA) is 56.5 Å². The van der Waals surface area contributed by atoms with E-state index < -0.39 is 5.79 Å². The van der Waals surface area contributed by atoms with Crippen LogP contribution in [0.4, 0.5) is 5.69 Å². The largest absolute Gasteiger partial charge is 0.398 e. The van der Waals surface area contributed by atoms with Crippen LogP contribution in [0.25, 0.3) is 0 Å². The number of nitrogens with one attached hydrogen (secondary N) is 1. The van der Waals surface area contributed by atoms with E-state index >= 15 is 0 Å². The molecule has 0 aliphatic carbocycles. The smallest absolute Gasteiger partial charge is 0.163 e. The van der Waals surface area contributed by atoms with Crippen LogP contribution in [0.15, 0.2) is 24.3 Å². The number of nitrogens with two attached hydrogens (primary N) is 1. The average Bonchev–Trinajstić information content (AvgIpc) is 2.61. The van der Waals surface area contributed by atoms with Crippen molar-refractivity contribution in [3.63, 3.8) is 0 Å². The fourth-order valence-corrected chi connectivity index (χ4v) is 1.93. The third-order valence-electron chi connectivity index (χ3n) is 2.81. The van der Waals surface area contributed by atoms with E-state index in [1.54, 1.807) is 0 Å². The normalized spacial score (nSPS) is 22.8. The van der Waals surface area contributed by atoms with E-state index in [4.69, 9.17) is 15.2 Å². The van der Waals surface area contributed by atoms with E-state index in [1.807, 2.05) is 38.1 Å². The molecular formula is C13H20N2O2. The molecule has 1 aliphatic heterocycles. The van der Waals surface area contributed by atoms with Crippen molar-refractivity contribution in [2.75, 3.05) is 18.9 Å². The second-order valence-corrected chi connectivity index (χ2v) is 4.78. The summed E-state index contributed by atoms with van der Waals surface area (Å²) in [5.74, 6) is -0.446. The lowest BCUT2D eigenvalue weighted by atomic mass is 10.2. The van der Waals surface area contributed by atoms with Crippen molar-refractivity contribution in [1.29, 1.82) is 0 Å². The number of nitrogen functional groups attached to an aromatic ring is 1. The maximum Gasteiger partial charge on any atom is 0.163 e. The molecule has 17 heavy (non-hydrogen) atoms. The van der Waals surface area contributed by atoms with Crippen LogP contribution in [0.2, 0.25) is 0 Å². The molecule has 94 valence electrons. The Kier molecular flexibility index (Phi) is 3.66. The van der Waals surface area contributed by atoms with Crippen molar-refractivity contribution < 1.29 is 9.47 Å². The molecule has 1 fully saturated rings. The first-order chi connectivity index (χ1) is 8.07. The van der Waals surface area contributed by atoms with Crippen molar-refractivity contribution in [1.82, 2.24) is 5.32 Å². The molecule has 1 heterocycles. The van der Waals surface area contributed by atoms with Crippen molar-refractivity contribution >= 4 is 5.69 Å². The number of hydrogen-bond acceptors (Lipinski definition) is 4. The van der Waals surface area contributed by atoms with Gasteiger partial charge >= 0.3 is 0 Å². The predicted molar refractivity (Wildman–Crippen MR) is 67.5 cm³/mol. The fourth-order valence-electron chi connectivity index (χ4n) is 1.93. The standard InChI is InChI=1S/C13H20N2O2/c1-13(2)16-9-11(17-13)8-15-7-10-5-3-4-6-12(10)14/h3-6,11,15H,7-9,14H2,1-2H3. The Morgan fingerprint density at radius 3 is 2.82 bits per heavy atom. The highest BCUT2D eigenvalue weighted by Gasteiger charge is 2.32. The summed E-state index contributed by atoms with van der Waals surface area (Å²) in [6.45, 7) is 6.04. The van der Waals surface area contributed by atoms with Gasteiger partial charge in [0.05, 0.1) is 12.7 Å². The predicted octanol–water partition coefficient (Wildman–Crippen LogP) is 1.51. The SMILES string of the molecule is CC1(C)OCC(CNCc2ccccc2N)O1. The van der Waals surface area contributed by atoms with E-state index in [1.165, 1.54) is 0 Å². The van der Waals surface area contributed by atoms with E-state index in [-0.39, 0.29) is 6.10 Å². The Bertz CT molecular complexity index is 379. The van der Waals surface area contributed by atoms with Gasteiger partial charge in [0.1, 0.15) is 0 Å². The summed E-state index contributed by atoms with van der Waals surface area (Å²) in [7, 11) is 0. The molecule has 0 saturated carbocycles. The second kappa shape index (κ2) is 5.04. The number of benzene rings is 1. The van der Waals surface area contributed by atoms with Gasteiger partial charge in [-0.2, -0.15) is 0 Å². The zero-order chi connectivity index (χ0) is 12.3.